The highest BCUT2D eigenvalue weighted by Crippen LogP contribution is 2.28. The number of hydrazone groups is 1. The molecule has 0 atom stereocenters. The fourth-order valence-electron chi connectivity index (χ4n) is 3.32. The smallest absolute Gasteiger partial charge is 0.282 e. The molecule has 11 nitrogen and oxygen atoms in total. The third-order valence-electron chi connectivity index (χ3n) is 4.87. The summed E-state index contributed by atoms with van der Waals surface area (Å²) in [6, 6.07) is 11.5. The van der Waals surface area contributed by atoms with E-state index < -0.39 is 15.8 Å². The van der Waals surface area contributed by atoms with Gasteiger partial charge in [-0.1, -0.05) is 12.1 Å². The molecule has 0 radical (unpaired) electrons. The van der Waals surface area contributed by atoms with Gasteiger partial charge in [0.1, 0.15) is 0 Å². The summed E-state index contributed by atoms with van der Waals surface area (Å²) in [5, 5.41) is 27.7. The Morgan fingerprint density at radius 1 is 0.968 bits per heavy atom. The van der Waals surface area contributed by atoms with Crippen molar-refractivity contribution in [3.8, 4) is 0 Å². The minimum Gasteiger partial charge on any atom is -0.378 e. The van der Waals surface area contributed by atoms with Gasteiger partial charge < -0.3 is 9.64 Å². The Bertz CT molecular complexity index is 1110. The number of nitrogens with zero attached hydrogens (tertiary/aromatic N) is 5. The van der Waals surface area contributed by atoms with E-state index in [9.17, 15) is 25.0 Å². The maximum atomic E-state index is 13.2. The molecule has 0 N–H and O–H groups in total. The molecule has 1 saturated heterocycles. The lowest BCUT2D eigenvalue weighted by Crippen LogP contribution is -2.41. The van der Waals surface area contributed by atoms with Crippen LogP contribution in [0.4, 0.5) is 17.1 Å². The molecule has 0 bridgehead atoms. The van der Waals surface area contributed by atoms with Crippen molar-refractivity contribution in [2.24, 2.45) is 5.10 Å². The number of hydrogen-bond donors (Lipinski definition) is 0. The zero-order valence-corrected chi connectivity index (χ0v) is 16.2. The molecule has 2 heterocycles. The number of hydrogen-bond acceptors (Lipinski definition) is 8. The fourth-order valence-corrected chi connectivity index (χ4v) is 3.32. The molecule has 0 aliphatic carbocycles. The van der Waals surface area contributed by atoms with Gasteiger partial charge in [0, 0.05) is 37.4 Å². The number of carbonyl (C=O) groups is 1. The summed E-state index contributed by atoms with van der Waals surface area (Å²) in [4.78, 5) is 36.1. The maximum Gasteiger partial charge on any atom is 0.282 e. The highest BCUT2D eigenvalue weighted by molar-refractivity contribution is 6.32. The molecule has 0 aromatic heterocycles. The number of non-ortho nitro benzene ring substituents is 2. The molecule has 11 heteroatoms. The molecule has 4 rings (SSSR count). The van der Waals surface area contributed by atoms with Crippen LogP contribution < -0.4 is 5.01 Å². The van der Waals surface area contributed by atoms with Crippen LogP contribution in [-0.4, -0.2) is 52.8 Å². The minimum atomic E-state index is -0.522. The zero-order chi connectivity index (χ0) is 22.0. The Labute approximate surface area is 176 Å². The van der Waals surface area contributed by atoms with Crippen molar-refractivity contribution >= 4 is 34.9 Å². The Balaban J connectivity index is 1.73. The highest BCUT2D eigenvalue weighted by Gasteiger charge is 2.35. The Kier molecular flexibility index (Phi) is 5.41. The molecular weight excluding hydrogens is 406 g/mol. The van der Waals surface area contributed by atoms with Crippen LogP contribution >= 0.6 is 0 Å². The lowest BCUT2D eigenvalue weighted by atomic mass is 10.1. The summed E-state index contributed by atoms with van der Waals surface area (Å²) in [7, 11) is 0. The largest absolute Gasteiger partial charge is 0.378 e. The van der Waals surface area contributed by atoms with E-state index in [1.54, 1.807) is 18.2 Å². The number of anilines is 1. The molecule has 1 fully saturated rings. The molecule has 0 unspecified atom stereocenters. The average Bonchev–Trinajstić information content (AvgIpc) is 3.10. The standard InChI is InChI=1S/C20H17N5O6/c26-20-18(13-14-2-1-3-17(12-14)25(29)30)19(22-8-10-31-11-9-22)21-23(20)15-4-6-16(7-5-15)24(27)28/h1-7,12-13H,8-11H2/b18-13-. The van der Waals surface area contributed by atoms with E-state index in [1.165, 1.54) is 41.4 Å². The SMILES string of the molecule is O=C1/C(=C\c2cccc([N+](=O)[O-])c2)C(N2CCOCC2)=NN1c1ccc([N+](=O)[O-])cc1. The van der Waals surface area contributed by atoms with E-state index in [0.29, 0.717) is 43.4 Å². The summed E-state index contributed by atoms with van der Waals surface area (Å²) in [6.45, 7) is 2.03. The van der Waals surface area contributed by atoms with Crippen molar-refractivity contribution in [2.75, 3.05) is 31.3 Å². The van der Waals surface area contributed by atoms with Crippen LogP contribution in [0.1, 0.15) is 5.56 Å². The average molecular weight is 423 g/mol. The molecule has 158 valence electrons. The monoisotopic (exact) mass is 423 g/mol. The quantitative estimate of drug-likeness (QED) is 0.419. The van der Waals surface area contributed by atoms with Gasteiger partial charge in [0.25, 0.3) is 17.3 Å². The molecular formula is C20H17N5O6. The number of ether oxygens (including phenoxy) is 1. The molecule has 2 aromatic rings. The molecule has 0 spiro atoms. The van der Waals surface area contributed by atoms with Crippen LogP contribution in [0.5, 0.6) is 0 Å². The van der Waals surface area contributed by atoms with Crippen LogP contribution in [-0.2, 0) is 9.53 Å². The van der Waals surface area contributed by atoms with Gasteiger partial charge in [0.15, 0.2) is 5.84 Å². The summed E-state index contributed by atoms with van der Waals surface area (Å²) in [6.07, 6.45) is 1.56. The predicted octanol–water partition coefficient (Wildman–Crippen LogP) is 2.58. The van der Waals surface area contributed by atoms with Crippen LogP contribution in [0.15, 0.2) is 59.2 Å². The Morgan fingerprint density at radius 2 is 1.65 bits per heavy atom. The summed E-state index contributed by atoms with van der Waals surface area (Å²) >= 11 is 0. The maximum absolute atomic E-state index is 13.2. The molecule has 2 aromatic carbocycles. The number of rotatable bonds is 4. The van der Waals surface area contributed by atoms with Gasteiger partial charge in [-0.05, 0) is 23.8 Å². The molecule has 0 saturated carbocycles. The number of nitro groups is 2. The minimum absolute atomic E-state index is 0.0862. The summed E-state index contributed by atoms with van der Waals surface area (Å²) in [5.74, 6) is 0.00000919. The molecule has 2 aliphatic heterocycles. The van der Waals surface area contributed by atoms with Gasteiger partial charge in [-0.15, -0.1) is 5.10 Å². The van der Waals surface area contributed by atoms with E-state index in [2.05, 4.69) is 5.10 Å². The van der Waals surface area contributed by atoms with Gasteiger partial charge in [0.2, 0.25) is 0 Å². The van der Waals surface area contributed by atoms with Gasteiger partial charge >= 0.3 is 0 Å². The lowest BCUT2D eigenvalue weighted by molar-refractivity contribution is -0.385. The summed E-state index contributed by atoms with van der Waals surface area (Å²) in [5.41, 5.74) is 0.964. The molecule has 31 heavy (non-hydrogen) atoms. The zero-order valence-electron chi connectivity index (χ0n) is 16.2. The van der Waals surface area contributed by atoms with E-state index in [1.807, 2.05) is 4.90 Å². The van der Waals surface area contributed by atoms with Gasteiger partial charge in [-0.3, -0.25) is 25.0 Å². The van der Waals surface area contributed by atoms with Crippen molar-refractivity contribution in [1.82, 2.24) is 4.90 Å². The summed E-state index contributed by atoms with van der Waals surface area (Å²) < 4.78 is 5.38. The van der Waals surface area contributed by atoms with E-state index >= 15 is 0 Å². The first-order chi connectivity index (χ1) is 14.9. The van der Waals surface area contributed by atoms with Crippen molar-refractivity contribution in [3.63, 3.8) is 0 Å². The van der Waals surface area contributed by atoms with Gasteiger partial charge in [-0.2, -0.15) is 5.01 Å². The van der Waals surface area contributed by atoms with Crippen molar-refractivity contribution in [3.05, 3.63) is 79.9 Å². The first-order valence-corrected chi connectivity index (χ1v) is 9.41. The van der Waals surface area contributed by atoms with E-state index in [-0.39, 0.29) is 16.9 Å². The van der Waals surface area contributed by atoms with Crippen LogP contribution in [0.2, 0.25) is 0 Å². The van der Waals surface area contributed by atoms with Crippen molar-refractivity contribution in [1.29, 1.82) is 0 Å². The first-order valence-electron chi connectivity index (χ1n) is 9.41. The topological polar surface area (TPSA) is 131 Å². The second kappa shape index (κ2) is 8.32. The van der Waals surface area contributed by atoms with Gasteiger partial charge in [0.05, 0.1) is 34.3 Å². The van der Waals surface area contributed by atoms with Gasteiger partial charge in [-0.25, -0.2) is 0 Å². The number of morpholine rings is 1. The van der Waals surface area contributed by atoms with Crippen LogP contribution in [0, 0.1) is 20.2 Å². The number of amidine groups is 1. The second-order valence-corrected chi connectivity index (χ2v) is 6.82. The highest BCUT2D eigenvalue weighted by atomic mass is 16.6. The number of carbonyl (C=O) groups excluding carboxylic acids is 1. The predicted molar refractivity (Wildman–Crippen MR) is 111 cm³/mol. The van der Waals surface area contributed by atoms with Crippen molar-refractivity contribution in [2.45, 2.75) is 0 Å². The second-order valence-electron chi connectivity index (χ2n) is 6.82. The number of amides is 1. The van der Waals surface area contributed by atoms with Crippen molar-refractivity contribution < 1.29 is 19.4 Å². The third kappa shape index (κ3) is 4.12. The lowest BCUT2D eigenvalue weighted by Gasteiger charge is -2.28. The first kappa shape index (κ1) is 20.2. The van der Waals surface area contributed by atoms with Crippen LogP contribution in [0.3, 0.4) is 0 Å². The van der Waals surface area contributed by atoms with Crippen LogP contribution in [0.25, 0.3) is 6.08 Å². The van der Waals surface area contributed by atoms with E-state index in [0.717, 1.165) is 0 Å². The normalized spacial score (nSPS) is 17.7. The van der Waals surface area contributed by atoms with E-state index in [4.69, 9.17) is 4.74 Å². The number of benzene rings is 2. The Hall–Kier alpha value is -4.12. The third-order valence-corrected chi connectivity index (χ3v) is 4.87. The molecule has 1 amide bonds. The Morgan fingerprint density at radius 3 is 2.29 bits per heavy atom. The molecule has 2 aliphatic rings. The fraction of sp³-hybridized carbons (Fsp3) is 0.200. The number of nitro benzene ring substituents is 2.